The molecule has 0 radical (unpaired) electrons. The molecule has 1 aliphatic heterocycles. The third-order valence-corrected chi connectivity index (χ3v) is 5.88. The zero-order valence-corrected chi connectivity index (χ0v) is 19.9. The van der Waals surface area contributed by atoms with Crippen LogP contribution in [0.4, 0.5) is 11.8 Å². The molecule has 1 fully saturated rings. The minimum atomic E-state index is -0.442. The number of rotatable bonds is 12. The minimum Gasteiger partial charge on any atom is -0.497 e. The summed E-state index contributed by atoms with van der Waals surface area (Å²) in [4.78, 5) is 34.6. The van der Waals surface area contributed by atoms with Crippen LogP contribution in [0.1, 0.15) is 38.5 Å². The number of hydrogen-bond acceptors (Lipinski definition) is 9. The fraction of sp³-hybridized carbons (Fsp3) is 0.565. The molecule has 11 heteroatoms. The number of piperidine rings is 1. The molecule has 0 unspecified atom stereocenters. The van der Waals surface area contributed by atoms with Crippen molar-refractivity contribution in [1.82, 2.24) is 25.7 Å². The van der Waals surface area contributed by atoms with Crippen molar-refractivity contribution in [3.63, 3.8) is 0 Å². The molecule has 1 aliphatic rings. The van der Waals surface area contributed by atoms with Gasteiger partial charge in [-0.1, -0.05) is 0 Å². The molecule has 2 aromatic rings. The summed E-state index contributed by atoms with van der Waals surface area (Å²) >= 11 is 0. The van der Waals surface area contributed by atoms with E-state index in [0.717, 1.165) is 48.4 Å². The third-order valence-electron chi connectivity index (χ3n) is 5.88. The predicted octanol–water partition coefficient (Wildman–Crippen LogP) is 1.74. The molecule has 0 aliphatic carbocycles. The maximum absolute atomic E-state index is 12.0. The van der Waals surface area contributed by atoms with E-state index in [0.29, 0.717) is 44.3 Å². The standard InChI is InChI=1S/C23H35N7O4/c1-30-13-9-16(10-14-30)26-22-18-8-7-17(34-2)15-19(18)27-23(28-22)25-12-11-24-20(31)5-3-4-6-21(32)29-33/h7-8,15-16,33H,3-6,9-14H2,1-2H3,(H,24,31)(H,29,32)(H2,25,26,27,28). The first-order valence-corrected chi connectivity index (χ1v) is 11.7. The van der Waals surface area contributed by atoms with Crippen LogP contribution in [0, 0.1) is 0 Å². The number of anilines is 2. The number of aromatic nitrogens is 2. The van der Waals surface area contributed by atoms with Gasteiger partial charge < -0.3 is 25.6 Å². The Kier molecular flexibility index (Phi) is 9.65. The number of hydroxylamine groups is 1. The van der Waals surface area contributed by atoms with Gasteiger partial charge in [-0.25, -0.2) is 10.5 Å². The summed E-state index contributed by atoms with van der Waals surface area (Å²) in [6, 6.07) is 6.12. The van der Waals surface area contributed by atoms with Gasteiger partial charge in [-0.2, -0.15) is 4.98 Å². The second-order valence-corrected chi connectivity index (χ2v) is 8.52. The molecule has 0 saturated carbocycles. The Hall–Kier alpha value is -3.18. The van der Waals surface area contributed by atoms with E-state index in [1.807, 2.05) is 18.2 Å². The van der Waals surface area contributed by atoms with Gasteiger partial charge in [0, 0.05) is 43.4 Å². The molecule has 5 N–H and O–H groups in total. The lowest BCUT2D eigenvalue weighted by Gasteiger charge is -2.30. The van der Waals surface area contributed by atoms with E-state index in [-0.39, 0.29) is 12.3 Å². The van der Waals surface area contributed by atoms with Gasteiger partial charge in [0.2, 0.25) is 17.8 Å². The van der Waals surface area contributed by atoms with Crippen molar-refractivity contribution in [3.05, 3.63) is 18.2 Å². The Labute approximate surface area is 199 Å². The minimum absolute atomic E-state index is 0.0833. The molecule has 0 atom stereocenters. The van der Waals surface area contributed by atoms with Crippen molar-refractivity contribution >= 4 is 34.5 Å². The zero-order valence-electron chi connectivity index (χ0n) is 19.9. The average Bonchev–Trinajstić information content (AvgIpc) is 2.85. The highest BCUT2D eigenvalue weighted by Gasteiger charge is 2.18. The van der Waals surface area contributed by atoms with E-state index in [4.69, 9.17) is 14.9 Å². The van der Waals surface area contributed by atoms with Crippen LogP contribution in [0.2, 0.25) is 0 Å². The average molecular weight is 474 g/mol. The lowest BCUT2D eigenvalue weighted by Crippen LogP contribution is -2.37. The van der Waals surface area contributed by atoms with E-state index < -0.39 is 5.91 Å². The van der Waals surface area contributed by atoms with Crippen molar-refractivity contribution in [2.75, 3.05) is 51.0 Å². The first-order valence-electron chi connectivity index (χ1n) is 11.7. The topological polar surface area (TPSA) is 141 Å². The largest absolute Gasteiger partial charge is 0.497 e. The van der Waals surface area contributed by atoms with Crippen LogP contribution in [0.3, 0.4) is 0 Å². The highest BCUT2D eigenvalue weighted by molar-refractivity contribution is 5.91. The molecule has 11 nitrogen and oxygen atoms in total. The fourth-order valence-corrected chi connectivity index (χ4v) is 3.86. The number of unbranched alkanes of at least 4 members (excludes halogenated alkanes) is 1. The maximum atomic E-state index is 12.0. The molecule has 186 valence electrons. The van der Waals surface area contributed by atoms with E-state index in [2.05, 4.69) is 32.9 Å². The summed E-state index contributed by atoms with van der Waals surface area (Å²) in [5.41, 5.74) is 2.36. The van der Waals surface area contributed by atoms with E-state index >= 15 is 0 Å². The van der Waals surface area contributed by atoms with E-state index in [1.54, 1.807) is 12.6 Å². The number of benzene rings is 1. The van der Waals surface area contributed by atoms with Crippen molar-refractivity contribution < 1.29 is 19.5 Å². The number of amides is 2. The first-order chi connectivity index (χ1) is 16.5. The van der Waals surface area contributed by atoms with Gasteiger partial charge in [0.1, 0.15) is 11.6 Å². The summed E-state index contributed by atoms with van der Waals surface area (Å²) in [6.07, 6.45) is 3.75. The normalized spacial score (nSPS) is 14.6. The maximum Gasteiger partial charge on any atom is 0.243 e. The molecule has 1 saturated heterocycles. The van der Waals surface area contributed by atoms with Crippen LogP contribution in [0.25, 0.3) is 10.9 Å². The van der Waals surface area contributed by atoms with Crippen LogP contribution in [-0.4, -0.2) is 78.3 Å². The lowest BCUT2D eigenvalue weighted by atomic mass is 10.1. The number of likely N-dealkylation sites (tertiary alicyclic amines) is 1. The highest BCUT2D eigenvalue weighted by Crippen LogP contribution is 2.27. The van der Waals surface area contributed by atoms with Gasteiger partial charge in [0.05, 0.1) is 12.6 Å². The number of carbonyl (C=O) groups is 2. The molecular weight excluding hydrogens is 438 g/mol. The Bertz CT molecular complexity index is 964. The number of ether oxygens (including phenoxy) is 1. The molecule has 1 aromatic carbocycles. The van der Waals surface area contributed by atoms with E-state index in [1.165, 1.54) is 0 Å². The van der Waals surface area contributed by atoms with Crippen LogP contribution in [0.15, 0.2) is 18.2 Å². The SMILES string of the molecule is COc1ccc2c(NC3CCN(C)CC3)nc(NCCNC(=O)CCCCC(=O)NO)nc2c1. The van der Waals surface area contributed by atoms with Gasteiger partial charge in [-0.05, 0) is 58.0 Å². The molecule has 1 aromatic heterocycles. The smallest absolute Gasteiger partial charge is 0.243 e. The Morgan fingerprint density at radius 2 is 1.85 bits per heavy atom. The van der Waals surface area contributed by atoms with Gasteiger partial charge >= 0.3 is 0 Å². The van der Waals surface area contributed by atoms with Crippen molar-refractivity contribution in [1.29, 1.82) is 0 Å². The lowest BCUT2D eigenvalue weighted by molar-refractivity contribution is -0.129. The summed E-state index contributed by atoms with van der Waals surface area (Å²) in [7, 11) is 3.77. The van der Waals surface area contributed by atoms with Crippen LogP contribution in [0.5, 0.6) is 5.75 Å². The van der Waals surface area contributed by atoms with Gasteiger partial charge in [0.15, 0.2) is 0 Å². The number of fused-ring (bicyclic) bond motifs is 1. The van der Waals surface area contributed by atoms with Crippen LogP contribution >= 0.6 is 0 Å². The Morgan fingerprint density at radius 3 is 2.56 bits per heavy atom. The molecule has 0 spiro atoms. The molecule has 2 amide bonds. The predicted molar refractivity (Wildman–Crippen MR) is 130 cm³/mol. The molecule has 0 bridgehead atoms. The number of hydrogen-bond donors (Lipinski definition) is 5. The molecular formula is C23H35N7O4. The fourth-order valence-electron chi connectivity index (χ4n) is 3.86. The van der Waals surface area contributed by atoms with Crippen molar-refractivity contribution in [2.24, 2.45) is 0 Å². The first kappa shape index (κ1) is 25.4. The number of nitrogens with one attached hydrogen (secondary N) is 4. The van der Waals surface area contributed by atoms with E-state index in [9.17, 15) is 9.59 Å². The second kappa shape index (κ2) is 12.9. The Balaban J connectivity index is 1.55. The number of carbonyl (C=O) groups excluding carboxylic acids is 2. The van der Waals surface area contributed by atoms with Gasteiger partial charge in [-0.15, -0.1) is 0 Å². The second-order valence-electron chi connectivity index (χ2n) is 8.52. The number of methoxy groups -OCH3 is 1. The Morgan fingerprint density at radius 1 is 1.12 bits per heavy atom. The van der Waals surface area contributed by atoms with Crippen LogP contribution in [-0.2, 0) is 9.59 Å². The monoisotopic (exact) mass is 473 g/mol. The van der Waals surface area contributed by atoms with Crippen molar-refractivity contribution in [2.45, 2.75) is 44.6 Å². The zero-order chi connectivity index (χ0) is 24.3. The summed E-state index contributed by atoms with van der Waals surface area (Å²) < 4.78 is 5.36. The highest BCUT2D eigenvalue weighted by atomic mass is 16.5. The summed E-state index contributed by atoms with van der Waals surface area (Å²) in [5.74, 6) is 1.48. The third kappa shape index (κ3) is 7.70. The van der Waals surface area contributed by atoms with Crippen molar-refractivity contribution in [3.8, 4) is 5.75 Å². The molecule has 2 heterocycles. The summed E-state index contributed by atoms with van der Waals surface area (Å²) in [6.45, 7) is 3.00. The van der Waals surface area contributed by atoms with Gasteiger partial charge in [-0.3, -0.25) is 14.8 Å². The molecule has 34 heavy (non-hydrogen) atoms. The van der Waals surface area contributed by atoms with Crippen LogP contribution < -0.4 is 26.2 Å². The molecule has 3 rings (SSSR count). The van der Waals surface area contributed by atoms with Gasteiger partial charge in [0.25, 0.3) is 0 Å². The quantitative estimate of drug-likeness (QED) is 0.177. The number of nitrogens with zero attached hydrogens (tertiary/aromatic N) is 3. The summed E-state index contributed by atoms with van der Waals surface area (Å²) in [5, 5.41) is 19.0.